The lowest BCUT2D eigenvalue weighted by Crippen LogP contribution is -2.43. The second-order valence-corrected chi connectivity index (χ2v) is 6.92. The van der Waals surface area contributed by atoms with Gasteiger partial charge in [-0.25, -0.2) is 9.97 Å². The number of nitrogens with zero attached hydrogens (tertiary/aromatic N) is 4. The fourth-order valence-electron chi connectivity index (χ4n) is 3.51. The van der Waals surface area contributed by atoms with Crippen molar-refractivity contribution in [2.45, 2.75) is 25.3 Å². The fourth-order valence-corrected chi connectivity index (χ4v) is 3.51. The number of anilines is 2. The largest absolute Gasteiger partial charge is 0.443 e. The predicted molar refractivity (Wildman–Crippen MR) is 106 cm³/mol. The molecule has 0 saturated carbocycles. The average molecular weight is 378 g/mol. The van der Waals surface area contributed by atoms with Crippen LogP contribution in [0.1, 0.15) is 28.9 Å². The first-order chi connectivity index (χ1) is 13.6. The molecule has 0 radical (unpaired) electrons. The van der Waals surface area contributed by atoms with E-state index in [1.54, 1.807) is 24.5 Å². The number of ketones is 1. The number of nitrogens with two attached hydrogens (primary N) is 2. The number of aromatic nitrogens is 3. The zero-order chi connectivity index (χ0) is 19.5. The van der Waals surface area contributed by atoms with Gasteiger partial charge < -0.3 is 20.8 Å². The van der Waals surface area contributed by atoms with Gasteiger partial charge in [0.05, 0.1) is 11.9 Å². The summed E-state index contributed by atoms with van der Waals surface area (Å²) in [5.41, 5.74) is 15.0. The van der Waals surface area contributed by atoms with Gasteiger partial charge in [-0.1, -0.05) is 0 Å². The topological polar surface area (TPSA) is 124 Å². The first-order valence-electron chi connectivity index (χ1n) is 9.25. The number of carbonyl (C=O) groups is 1. The van der Waals surface area contributed by atoms with Crippen LogP contribution in [0.4, 0.5) is 11.4 Å². The lowest BCUT2D eigenvalue weighted by atomic mass is 10.0. The van der Waals surface area contributed by atoms with E-state index in [-0.39, 0.29) is 23.9 Å². The van der Waals surface area contributed by atoms with Crippen LogP contribution in [0.5, 0.6) is 0 Å². The van der Waals surface area contributed by atoms with Crippen LogP contribution >= 0.6 is 0 Å². The number of rotatable bonds is 5. The SMILES string of the molecule is Nc1ccc(-c2ncco2)nc1C(=O)Cc1cnccc1N1CCC[C@H](N)C1. The van der Waals surface area contributed by atoms with E-state index in [2.05, 4.69) is 19.9 Å². The number of hydrogen-bond donors (Lipinski definition) is 2. The minimum Gasteiger partial charge on any atom is -0.443 e. The van der Waals surface area contributed by atoms with Crippen molar-refractivity contribution in [2.24, 2.45) is 5.73 Å². The Morgan fingerprint density at radius 1 is 1.29 bits per heavy atom. The number of oxazole rings is 1. The van der Waals surface area contributed by atoms with Crippen molar-refractivity contribution in [3.8, 4) is 11.6 Å². The molecule has 1 fully saturated rings. The van der Waals surface area contributed by atoms with Crippen LogP contribution in [0.2, 0.25) is 0 Å². The molecule has 0 aromatic carbocycles. The molecule has 1 aliphatic rings. The maximum Gasteiger partial charge on any atom is 0.245 e. The number of carbonyl (C=O) groups excluding carboxylic acids is 1. The molecule has 0 spiro atoms. The van der Waals surface area contributed by atoms with Crippen molar-refractivity contribution in [3.63, 3.8) is 0 Å². The highest BCUT2D eigenvalue weighted by Crippen LogP contribution is 2.26. The quantitative estimate of drug-likeness (QED) is 0.647. The number of hydrogen-bond acceptors (Lipinski definition) is 8. The number of nitrogen functional groups attached to an aromatic ring is 1. The lowest BCUT2D eigenvalue weighted by Gasteiger charge is -2.33. The van der Waals surface area contributed by atoms with E-state index in [0.717, 1.165) is 37.2 Å². The van der Waals surface area contributed by atoms with Crippen molar-refractivity contribution >= 4 is 17.2 Å². The van der Waals surface area contributed by atoms with Gasteiger partial charge in [0, 0.05) is 49.2 Å². The highest BCUT2D eigenvalue weighted by molar-refractivity contribution is 6.01. The fraction of sp³-hybridized carbons (Fsp3) is 0.300. The van der Waals surface area contributed by atoms with E-state index in [1.165, 1.54) is 12.5 Å². The summed E-state index contributed by atoms with van der Waals surface area (Å²) in [6.07, 6.45) is 8.65. The zero-order valence-corrected chi connectivity index (χ0v) is 15.4. The standard InChI is InChI=1S/C20H22N6O2/c21-14-2-1-8-26(12-14)17-5-6-23-11-13(17)10-18(27)19-15(22)3-4-16(25-19)20-24-7-9-28-20/h3-7,9,11,14H,1-2,8,10,12,21-22H2/t14-/m0/s1. The van der Waals surface area contributed by atoms with Crippen molar-refractivity contribution < 1.29 is 9.21 Å². The Labute approximate surface area is 162 Å². The van der Waals surface area contributed by atoms with Gasteiger partial charge in [-0.3, -0.25) is 9.78 Å². The molecule has 0 amide bonds. The molecular formula is C20H22N6O2. The summed E-state index contributed by atoms with van der Waals surface area (Å²) in [7, 11) is 0. The molecule has 1 atom stereocenters. The Kier molecular flexibility index (Phi) is 5.03. The van der Waals surface area contributed by atoms with E-state index < -0.39 is 0 Å². The van der Waals surface area contributed by atoms with Crippen molar-refractivity contribution in [1.29, 1.82) is 0 Å². The average Bonchev–Trinajstić information content (AvgIpc) is 3.23. The van der Waals surface area contributed by atoms with E-state index in [9.17, 15) is 4.79 Å². The third-order valence-corrected chi connectivity index (χ3v) is 4.87. The van der Waals surface area contributed by atoms with Crippen molar-refractivity contribution in [1.82, 2.24) is 15.0 Å². The highest BCUT2D eigenvalue weighted by Gasteiger charge is 2.22. The van der Waals surface area contributed by atoms with Crippen LogP contribution in [0.3, 0.4) is 0 Å². The van der Waals surface area contributed by atoms with Crippen LogP contribution in [-0.2, 0) is 6.42 Å². The summed E-state index contributed by atoms with van der Waals surface area (Å²) in [5, 5.41) is 0. The van der Waals surface area contributed by atoms with Gasteiger partial charge in [0.25, 0.3) is 0 Å². The molecule has 0 aliphatic carbocycles. The van der Waals surface area contributed by atoms with E-state index in [1.807, 2.05) is 6.07 Å². The normalized spacial score (nSPS) is 16.9. The van der Waals surface area contributed by atoms with Crippen LogP contribution < -0.4 is 16.4 Å². The predicted octanol–water partition coefficient (Wildman–Crippen LogP) is 2.07. The molecule has 0 unspecified atom stereocenters. The van der Waals surface area contributed by atoms with E-state index in [4.69, 9.17) is 15.9 Å². The molecule has 8 nitrogen and oxygen atoms in total. The molecular weight excluding hydrogens is 356 g/mol. The Hall–Kier alpha value is -3.26. The molecule has 4 N–H and O–H groups in total. The number of piperidine rings is 1. The minimum atomic E-state index is -0.179. The van der Waals surface area contributed by atoms with Gasteiger partial charge in [-0.15, -0.1) is 0 Å². The molecule has 3 aromatic rings. The molecule has 1 saturated heterocycles. The monoisotopic (exact) mass is 378 g/mol. The summed E-state index contributed by atoms with van der Waals surface area (Å²) in [4.78, 5) is 27.9. The van der Waals surface area contributed by atoms with E-state index in [0.29, 0.717) is 17.3 Å². The molecule has 0 bridgehead atoms. The molecule has 144 valence electrons. The minimum absolute atomic E-state index is 0.139. The maximum absolute atomic E-state index is 13.0. The molecule has 4 rings (SSSR count). The number of Topliss-reactive ketones (excluding diaryl/α,β-unsaturated/α-hetero) is 1. The van der Waals surface area contributed by atoms with Gasteiger partial charge in [0.1, 0.15) is 17.7 Å². The Bertz CT molecular complexity index is 973. The molecule has 8 heteroatoms. The zero-order valence-electron chi connectivity index (χ0n) is 15.4. The van der Waals surface area contributed by atoms with E-state index >= 15 is 0 Å². The lowest BCUT2D eigenvalue weighted by molar-refractivity contribution is 0.0989. The van der Waals surface area contributed by atoms with Crippen LogP contribution in [-0.4, -0.2) is 39.9 Å². The van der Waals surface area contributed by atoms with Crippen LogP contribution in [0, 0.1) is 0 Å². The second kappa shape index (κ2) is 7.77. The van der Waals surface area contributed by atoms with Gasteiger partial charge in [0.15, 0.2) is 5.78 Å². The summed E-state index contributed by atoms with van der Waals surface area (Å²) in [6.45, 7) is 1.68. The summed E-state index contributed by atoms with van der Waals surface area (Å²) in [6, 6.07) is 5.40. The number of pyridine rings is 2. The Morgan fingerprint density at radius 2 is 2.18 bits per heavy atom. The summed E-state index contributed by atoms with van der Waals surface area (Å²) >= 11 is 0. The summed E-state index contributed by atoms with van der Waals surface area (Å²) < 4.78 is 5.27. The van der Waals surface area contributed by atoms with Gasteiger partial charge in [-0.2, -0.15) is 0 Å². The van der Waals surface area contributed by atoms with Crippen LogP contribution in [0.25, 0.3) is 11.6 Å². The molecule has 1 aliphatic heterocycles. The molecule has 28 heavy (non-hydrogen) atoms. The van der Waals surface area contributed by atoms with Crippen molar-refractivity contribution in [3.05, 3.63) is 54.3 Å². The van der Waals surface area contributed by atoms with Gasteiger partial charge in [0.2, 0.25) is 5.89 Å². The smallest absolute Gasteiger partial charge is 0.245 e. The highest BCUT2D eigenvalue weighted by atomic mass is 16.3. The van der Waals surface area contributed by atoms with Crippen LogP contribution in [0.15, 0.2) is 47.5 Å². The third-order valence-electron chi connectivity index (χ3n) is 4.87. The van der Waals surface area contributed by atoms with Gasteiger partial charge in [-0.05, 0) is 31.0 Å². The van der Waals surface area contributed by atoms with Crippen molar-refractivity contribution in [2.75, 3.05) is 23.7 Å². The second-order valence-electron chi connectivity index (χ2n) is 6.92. The third kappa shape index (κ3) is 3.72. The molecule has 3 aromatic heterocycles. The molecule has 4 heterocycles. The first-order valence-corrected chi connectivity index (χ1v) is 9.25. The maximum atomic E-state index is 13.0. The Balaban J connectivity index is 1.60. The van der Waals surface area contributed by atoms with Gasteiger partial charge >= 0.3 is 0 Å². The first kappa shape index (κ1) is 18.1. The Morgan fingerprint density at radius 3 is 2.96 bits per heavy atom. The summed E-state index contributed by atoms with van der Waals surface area (Å²) in [5.74, 6) is 0.167.